The molecule has 5 nitrogen and oxygen atoms in total. The Morgan fingerprint density at radius 1 is 0.958 bits per heavy atom. The van der Waals surface area contributed by atoms with E-state index < -0.39 is 5.97 Å². The van der Waals surface area contributed by atoms with Crippen molar-refractivity contribution in [2.45, 2.75) is 0 Å². The van der Waals surface area contributed by atoms with Crippen molar-refractivity contribution in [1.82, 2.24) is 9.97 Å². The molecule has 7 heteroatoms. The smallest absolute Gasteiger partial charge is 0.338 e. The van der Waals surface area contributed by atoms with E-state index in [1.54, 1.807) is 48.8 Å². The summed E-state index contributed by atoms with van der Waals surface area (Å²) in [4.78, 5) is 20.4. The molecular formula is C17H12Cl2N2O3. The second-order valence-corrected chi connectivity index (χ2v) is 5.61. The van der Waals surface area contributed by atoms with Gasteiger partial charge in [0.05, 0.1) is 26.6 Å². The van der Waals surface area contributed by atoms with Crippen molar-refractivity contribution in [3.05, 3.63) is 64.4 Å². The van der Waals surface area contributed by atoms with E-state index in [0.717, 1.165) is 0 Å². The van der Waals surface area contributed by atoms with Crippen molar-refractivity contribution < 1.29 is 14.3 Å². The van der Waals surface area contributed by atoms with Gasteiger partial charge in [-0.1, -0.05) is 29.3 Å². The van der Waals surface area contributed by atoms with Crippen molar-refractivity contribution in [3.63, 3.8) is 0 Å². The van der Waals surface area contributed by atoms with E-state index in [4.69, 9.17) is 32.7 Å². The second kappa shape index (κ2) is 7.47. The molecule has 0 aliphatic heterocycles. The Morgan fingerprint density at radius 2 is 1.67 bits per heavy atom. The maximum Gasteiger partial charge on any atom is 0.338 e. The van der Waals surface area contributed by atoms with Crippen LogP contribution < -0.4 is 4.74 Å². The summed E-state index contributed by atoms with van der Waals surface area (Å²) in [5.74, 6) is -0.0886. The fourth-order valence-corrected chi connectivity index (χ4v) is 2.58. The van der Waals surface area contributed by atoms with Crippen LogP contribution in [-0.4, -0.2) is 29.2 Å². The number of carbonyl (C=O) groups is 1. The highest BCUT2D eigenvalue weighted by molar-refractivity contribution is 6.37. The van der Waals surface area contributed by atoms with Crippen LogP contribution in [0.5, 0.6) is 5.75 Å². The lowest BCUT2D eigenvalue weighted by Crippen LogP contribution is -2.12. The monoisotopic (exact) mass is 362 g/mol. The van der Waals surface area contributed by atoms with Gasteiger partial charge < -0.3 is 9.47 Å². The molecule has 0 N–H and O–H groups in total. The Kier molecular flexibility index (Phi) is 5.13. The second-order valence-electron chi connectivity index (χ2n) is 4.79. The van der Waals surface area contributed by atoms with Crippen LogP contribution in [0.3, 0.4) is 0 Å². The molecular weight excluding hydrogens is 351 g/mol. The third-order valence-electron chi connectivity index (χ3n) is 3.19. The van der Waals surface area contributed by atoms with Crippen LogP contribution in [0.25, 0.3) is 11.0 Å². The highest BCUT2D eigenvalue weighted by Gasteiger charge is 2.10. The number of carbonyl (C=O) groups excluding carboxylic acids is 1. The Hall–Kier alpha value is -2.37. The van der Waals surface area contributed by atoms with Gasteiger partial charge in [-0.2, -0.15) is 0 Å². The zero-order valence-electron chi connectivity index (χ0n) is 12.4. The van der Waals surface area contributed by atoms with Crippen LogP contribution in [0.4, 0.5) is 0 Å². The minimum atomic E-state index is -0.462. The summed E-state index contributed by atoms with van der Waals surface area (Å²) >= 11 is 12.0. The average Bonchev–Trinajstić information content (AvgIpc) is 2.60. The zero-order valence-corrected chi connectivity index (χ0v) is 13.9. The van der Waals surface area contributed by atoms with E-state index in [1.807, 2.05) is 0 Å². The van der Waals surface area contributed by atoms with Gasteiger partial charge in [-0.05, 0) is 30.3 Å². The molecule has 24 heavy (non-hydrogen) atoms. The summed E-state index contributed by atoms with van der Waals surface area (Å²) < 4.78 is 10.6. The van der Waals surface area contributed by atoms with Gasteiger partial charge in [-0.25, -0.2) is 4.79 Å². The molecule has 1 heterocycles. The topological polar surface area (TPSA) is 61.3 Å². The van der Waals surface area contributed by atoms with E-state index in [9.17, 15) is 4.79 Å². The van der Waals surface area contributed by atoms with Crippen LogP contribution >= 0.6 is 23.2 Å². The Morgan fingerprint density at radius 3 is 2.42 bits per heavy atom. The van der Waals surface area contributed by atoms with Gasteiger partial charge in [0, 0.05) is 12.4 Å². The molecule has 0 aliphatic rings. The maximum atomic E-state index is 12.1. The minimum absolute atomic E-state index is 0.0683. The van der Waals surface area contributed by atoms with Gasteiger partial charge in [0.25, 0.3) is 0 Å². The third-order valence-corrected chi connectivity index (χ3v) is 3.78. The molecule has 3 aromatic rings. The Balaban J connectivity index is 1.57. The lowest BCUT2D eigenvalue weighted by molar-refractivity contribution is 0.0451. The largest absolute Gasteiger partial charge is 0.487 e. The molecule has 0 spiro atoms. The lowest BCUT2D eigenvalue weighted by atomic mass is 10.2. The summed E-state index contributed by atoms with van der Waals surface area (Å²) in [6.45, 7) is 0.210. The van der Waals surface area contributed by atoms with Crippen molar-refractivity contribution in [3.8, 4) is 5.75 Å². The number of aromatic nitrogens is 2. The number of esters is 1. The van der Waals surface area contributed by atoms with Gasteiger partial charge in [0.1, 0.15) is 13.2 Å². The Bertz CT molecular complexity index is 866. The van der Waals surface area contributed by atoms with Crippen molar-refractivity contribution in [2.75, 3.05) is 13.2 Å². The summed E-state index contributed by atoms with van der Waals surface area (Å²) in [5, 5.41) is 0.809. The van der Waals surface area contributed by atoms with Crippen LogP contribution in [0.15, 0.2) is 48.8 Å². The lowest BCUT2D eigenvalue weighted by Gasteiger charge is -2.10. The zero-order chi connectivity index (χ0) is 16.9. The van der Waals surface area contributed by atoms with E-state index in [2.05, 4.69) is 9.97 Å². The van der Waals surface area contributed by atoms with Crippen LogP contribution in [0, 0.1) is 0 Å². The van der Waals surface area contributed by atoms with Crippen molar-refractivity contribution in [2.24, 2.45) is 0 Å². The maximum absolute atomic E-state index is 12.1. The standard InChI is InChI=1S/C17H12Cl2N2O3/c18-12-2-1-3-13(19)16(12)23-8-9-24-17(22)11-4-5-14-15(10-11)21-7-6-20-14/h1-7,10H,8-9H2. The molecule has 0 saturated carbocycles. The first-order valence-electron chi connectivity index (χ1n) is 7.10. The molecule has 0 bridgehead atoms. The normalized spacial score (nSPS) is 10.6. The van der Waals surface area contributed by atoms with Crippen LogP contribution in [0.1, 0.15) is 10.4 Å². The van der Waals surface area contributed by atoms with Gasteiger partial charge >= 0.3 is 5.97 Å². The third kappa shape index (κ3) is 3.75. The van der Waals surface area contributed by atoms with E-state index in [0.29, 0.717) is 32.4 Å². The Labute approximate surface area is 148 Å². The van der Waals surface area contributed by atoms with Crippen molar-refractivity contribution >= 4 is 40.2 Å². The van der Waals surface area contributed by atoms with E-state index in [1.165, 1.54) is 0 Å². The number of hydrogen-bond donors (Lipinski definition) is 0. The molecule has 0 atom stereocenters. The van der Waals surface area contributed by atoms with E-state index >= 15 is 0 Å². The molecule has 122 valence electrons. The fraction of sp³-hybridized carbons (Fsp3) is 0.118. The van der Waals surface area contributed by atoms with Gasteiger partial charge in [-0.15, -0.1) is 0 Å². The SMILES string of the molecule is O=C(OCCOc1c(Cl)cccc1Cl)c1ccc2nccnc2c1. The molecule has 0 unspecified atom stereocenters. The summed E-state index contributed by atoms with van der Waals surface area (Å²) in [6.07, 6.45) is 3.16. The number of nitrogens with zero attached hydrogens (tertiary/aromatic N) is 2. The number of rotatable bonds is 5. The van der Waals surface area contributed by atoms with Gasteiger partial charge in [0.2, 0.25) is 0 Å². The number of halogens is 2. The number of para-hydroxylation sites is 1. The first-order chi connectivity index (χ1) is 11.6. The van der Waals surface area contributed by atoms with Gasteiger partial charge in [-0.3, -0.25) is 9.97 Å². The molecule has 0 amide bonds. The van der Waals surface area contributed by atoms with E-state index in [-0.39, 0.29) is 13.2 Å². The molecule has 0 aliphatic carbocycles. The number of hydrogen-bond acceptors (Lipinski definition) is 5. The number of ether oxygens (including phenoxy) is 2. The molecule has 0 saturated heterocycles. The number of benzene rings is 2. The van der Waals surface area contributed by atoms with Crippen LogP contribution in [-0.2, 0) is 4.74 Å². The highest BCUT2D eigenvalue weighted by atomic mass is 35.5. The first-order valence-corrected chi connectivity index (χ1v) is 7.85. The number of fused-ring (bicyclic) bond motifs is 1. The summed E-state index contributed by atoms with van der Waals surface area (Å²) in [7, 11) is 0. The highest BCUT2D eigenvalue weighted by Crippen LogP contribution is 2.32. The first kappa shape index (κ1) is 16.5. The van der Waals surface area contributed by atoms with Crippen molar-refractivity contribution in [1.29, 1.82) is 0 Å². The summed E-state index contributed by atoms with van der Waals surface area (Å²) in [5.41, 5.74) is 1.75. The van der Waals surface area contributed by atoms with Gasteiger partial charge in [0.15, 0.2) is 5.75 Å². The summed E-state index contributed by atoms with van der Waals surface area (Å²) in [6, 6.07) is 10.1. The fourth-order valence-electron chi connectivity index (χ4n) is 2.07. The average molecular weight is 363 g/mol. The van der Waals surface area contributed by atoms with Crippen LogP contribution in [0.2, 0.25) is 10.0 Å². The molecule has 3 rings (SSSR count). The molecule has 0 fully saturated rings. The quantitative estimate of drug-likeness (QED) is 0.503. The molecule has 0 radical (unpaired) electrons. The molecule has 2 aromatic carbocycles. The predicted molar refractivity (Wildman–Crippen MR) is 91.8 cm³/mol. The predicted octanol–water partition coefficient (Wildman–Crippen LogP) is 4.17. The molecule has 1 aromatic heterocycles. The minimum Gasteiger partial charge on any atom is -0.487 e.